The Morgan fingerprint density at radius 1 is 0.892 bits per heavy atom. The van der Waals surface area contributed by atoms with Gasteiger partial charge < -0.3 is 9.47 Å². The molecule has 208 valence electrons. The maximum atomic E-state index is 11.9. The van der Waals surface area contributed by atoms with Crippen LogP contribution in [0, 0.1) is 50.7 Å². The Morgan fingerprint density at radius 2 is 1.62 bits per heavy atom. The fourth-order valence-corrected chi connectivity index (χ4v) is 11.6. The maximum absolute atomic E-state index is 11.9. The minimum absolute atomic E-state index is 0.0310. The molecule has 0 radical (unpaired) electrons. The van der Waals surface area contributed by atoms with Gasteiger partial charge in [-0.1, -0.05) is 59.6 Å². The van der Waals surface area contributed by atoms with Gasteiger partial charge in [0, 0.05) is 17.8 Å². The van der Waals surface area contributed by atoms with Crippen molar-refractivity contribution >= 4 is 5.97 Å². The first-order chi connectivity index (χ1) is 17.3. The van der Waals surface area contributed by atoms with Crippen LogP contribution in [0.25, 0.3) is 0 Å². The number of rotatable bonds is 4. The normalized spacial score (nSPS) is 46.8. The van der Waals surface area contributed by atoms with Crippen molar-refractivity contribution in [2.24, 2.45) is 50.7 Å². The largest absolute Gasteiger partial charge is 0.505 e. The van der Waals surface area contributed by atoms with E-state index in [2.05, 4.69) is 54.5 Å². The van der Waals surface area contributed by atoms with Crippen LogP contribution < -0.4 is 0 Å². The highest BCUT2D eigenvalue weighted by molar-refractivity contribution is 5.66. The summed E-state index contributed by atoms with van der Waals surface area (Å²) in [5, 5.41) is 0. The second kappa shape index (κ2) is 8.88. The van der Waals surface area contributed by atoms with Crippen LogP contribution in [-0.2, 0) is 14.3 Å². The number of fused-ring (bicyclic) bond motifs is 7. The molecule has 0 N–H and O–H groups in total. The molecule has 0 amide bonds. The highest BCUT2D eigenvalue weighted by atomic mass is 16.5. The molecule has 8 atom stereocenters. The molecule has 0 aromatic heterocycles. The van der Waals surface area contributed by atoms with Crippen molar-refractivity contribution in [1.29, 1.82) is 0 Å². The van der Waals surface area contributed by atoms with Crippen LogP contribution in [0.15, 0.2) is 23.5 Å². The van der Waals surface area contributed by atoms with Crippen LogP contribution in [0.3, 0.4) is 0 Å². The zero-order valence-corrected chi connectivity index (χ0v) is 25.3. The summed E-state index contributed by atoms with van der Waals surface area (Å²) in [4.78, 5) is 11.9. The predicted octanol–water partition coefficient (Wildman–Crippen LogP) is 8.88. The van der Waals surface area contributed by atoms with Gasteiger partial charge in [-0.05, 0) is 110 Å². The Kier molecular flexibility index (Phi) is 6.56. The summed E-state index contributed by atoms with van der Waals surface area (Å²) in [6.45, 7) is 19.3. The zero-order valence-electron chi connectivity index (χ0n) is 25.3. The van der Waals surface area contributed by atoms with E-state index in [9.17, 15) is 4.79 Å². The Bertz CT molecular complexity index is 989. The van der Waals surface area contributed by atoms with Crippen molar-refractivity contribution in [1.82, 2.24) is 0 Å². The summed E-state index contributed by atoms with van der Waals surface area (Å²) >= 11 is 0. The van der Waals surface area contributed by atoms with Crippen molar-refractivity contribution < 1.29 is 14.3 Å². The third kappa shape index (κ3) is 3.67. The number of allylic oxidation sites excluding steroid dienone is 3. The van der Waals surface area contributed by atoms with Gasteiger partial charge in [-0.2, -0.15) is 0 Å². The number of carbonyl (C=O) groups is 1. The first kappa shape index (κ1) is 27.3. The molecule has 4 saturated carbocycles. The summed E-state index contributed by atoms with van der Waals surface area (Å²) < 4.78 is 11.4. The van der Waals surface area contributed by atoms with E-state index in [1.807, 2.05) is 11.8 Å². The van der Waals surface area contributed by atoms with Gasteiger partial charge in [-0.3, -0.25) is 4.79 Å². The van der Waals surface area contributed by atoms with E-state index in [1.165, 1.54) is 57.8 Å². The van der Waals surface area contributed by atoms with Gasteiger partial charge in [0.2, 0.25) is 0 Å². The second-order valence-electron chi connectivity index (χ2n) is 15.4. The van der Waals surface area contributed by atoms with Crippen LogP contribution in [0.2, 0.25) is 0 Å². The molecule has 37 heavy (non-hydrogen) atoms. The van der Waals surface area contributed by atoms with Gasteiger partial charge in [-0.25, -0.2) is 0 Å². The second-order valence-corrected chi connectivity index (χ2v) is 15.4. The van der Waals surface area contributed by atoms with Gasteiger partial charge in [-0.15, -0.1) is 0 Å². The van der Waals surface area contributed by atoms with E-state index in [-0.39, 0.29) is 22.9 Å². The van der Waals surface area contributed by atoms with E-state index < -0.39 is 0 Å². The molecule has 0 bridgehead atoms. The molecule has 3 heteroatoms. The maximum Gasteiger partial charge on any atom is 0.302 e. The van der Waals surface area contributed by atoms with Gasteiger partial charge in [0.1, 0.15) is 6.10 Å². The molecule has 0 aromatic carbocycles. The van der Waals surface area contributed by atoms with Crippen LogP contribution in [-0.4, -0.2) is 19.2 Å². The Hall–Kier alpha value is -1.25. The quantitative estimate of drug-likeness (QED) is 0.215. The lowest BCUT2D eigenvalue weighted by molar-refractivity contribution is -0.232. The van der Waals surface area contributed by atoms with Crippen LogP contribution in [0.1, 0.15) is 120 Å². The van der Waals surface area contributed by atoms with Crippen molar-refractivity contribution in [2.75, 3.05) is 7.11 Å². The lowest BCUT2D eigenvalue weighted by Gasteiger charge is -2.72. The molecule has 5 aliphatic rings. The van der Waals surface area contributed by atoms with Crippen molar-refractivity contribution in [2.45, 2.75) is 126 Å². The number of methoxy groups -OCH3 is 1. The van der Waals surface area contributed by atoms with E-state index in [0.29, 0.717) is 34.0 Å². The predicted molar refractivity (Wildman–Crippen MR) is 151 cm³/mol. The van der Waals surface area contributed by atoms with Crippen LogP contribution >= 0.6 is 0 Å². The summed E-state index contributed by atoms with van der Waals surface area (Å²) in [5.41, 5.74) is 4.84. The highest BCUT2D eigenvalue weighted by Gasteiger charge is 2.69. The summed E-state index contributed by atoms with van der Waals surface area (Å²) in [6.07, 6.45) is 17.1. The molecule has 3 nitrogen and oxygen atoms in total. The molecule has 0 unspecified atom stereocenters. The molecule has 5 aliphatic carbocycles. The molecular formula is C34H54O3. The Labute approximate surface area is 227 Å². The molecule has 0 aromatic rings. The van der Waals surface area contributed by atoms with Gasteiger partial charge >= 0.3 is 5.97 Å². The van der Waals surface area contributed by atoms with Gasteiger partial charge in [0.25, 0.3) is 0 Å². The molecule has 4 fully saturated rings. The Balaban J connectivity index is 1.54. The third-order valence-corrected chi connectivity index (χ3v) is 13.5. The van der Waals surface area contributed by atoms with Crippen molar-refractivity contribution in [3.05, 3.63) is 23.5 Å². The SMILES string of the molecule is COC=C[C@]12CCC(C(C)C)=C1[C@H]1CC[C@@H]3[C@@]4(C)CC[C@H](OC(C)=O)C(C)(C)[C@@H]4CC[C@@]3(C)[C@]1(C)CC2. The minimum Gasteiger partial charge on any atom is -0.505 e. The molecule has 0 heterocycles. The summed E-state index contributed by atoms with van der Waals surface area (Å²) in [7, 11) is 1.80. The van der Waals surface area contributed by atoms with E-state index in [4.69, 9.17) is 9.47 Å². The smallest absolute Gasteiger partial charge is 0.302 e. The lowest BCUT2D eigenvalue weighted by atomic mass is 9.33. The average molecular weight is 511 g/mol. The highest BCUT2D eigenvalue weighted by Crippen LogP contribution is 2.77. The molecule has 0 spiro atoms. The lowest BCUT2D eigenvalue weighted by Crippen LogP contribution is -2.65. The third-order valence-electron chi connectivity index (χ3n) is 13.5. The molecule has 5 rings (SSSR count). The summed E-state index contributed by atoms with van der Waals surface area (Å²) in [5.74, 6) is 2.56. The molecule has 0 saturated heterocycles. The topological polar surface area (TPSA) is 35.5 Å². The first-order valence-electron chi connectivity index (χ1n) is 15.4. The average Bonchev–Trinajstić information content (AvgIpc) is 3.20. The number of ether oxygens (including phenoxy) is 2. The fourth-order valence-electron chi connectivity index (χ4n) is 11.6. The zero-order chi connectivity index (χ0) is 27.0. The number of esters is 1. The van der Waals surface area contributed by atoms with Crippen LogP contribution in [0.4, 0.5) is 0 Å². The molecule has 0 aliphatic heterocycles. The van der Waals surface area contributed by atoms with E-state index >= 15 is 0 Å². The van der Waals surface area contributed by atoms with E-state index in [0.717, 1.165) is 12.3 Å². The van der Waals surface area contributed by atoms with Crippen LogP contribution in [0.5, 0.6) is 0 Å². The molecular weight excluding hydrogens is 456 g/mol. The minimum atomic E-state index is -0.116. The number of hydrogen-bond acceptors (Lipinski definition) is 3. The van der Waals surface area contributed by atoms with Crippen molar-refractivity contribution in [3.8, 4) is 0 Å². The number of carbonyl (C=O) groups excluding carboxylic acids is 1. The Morgan fingerprint density at radius 3 is 2.27 bits per heavy atom. The van der Waals surface area contributed by atoms with Crippen molar-refractivity contribution in [3.63, 3.8) is 0 Å². The standard InChI is InChI=1S/C34H54O3/c1-22(2)24-12-17-34(20-21-36-9)19-18-32(7)25(29(24)34)10-11-27-31(6)15-14-28(37-23(3)35)30(4,5)26(31)13-16-33(27,32)8/h20-22,25-28H,10-19H2,1-9H3/t25-,26+,27-,28+,31+,32-,33-,34-/m1/s1. The monoisotopic (exact) mass is 510 g/mol. The first-order valence-corrected chi connectivity index (χ1v) is 15.4. The van der Waals surface area contributed by atoms with Gasteiger partial charge in [0.15, 0.2) is 0 Å². The van der Waals surface area contributed by atoms with E-state index in [1.54, 1.807) is 19.6 Å². The fraction of sp³-hybridized carbons (Fsp3) is 0.853. The summed E-state index contributed by atoms with van der Waals surface area (Å²) in [6, 6.07) is 0. The van der Waals surface area contributed by atoms with Gasteiger partial charge in [0.05, 0.1) is 13.4 Å². The number of hydrogen-bond donors (Lipinski definition) is 0.